The van der Waals surface area contributed by atoms with E-state index in [0.29, 0.717) is 6.54 Å². The van der Waals surface area contributed by atoms with Gasteiger partial charge in [0.15, 0.2) is 0 Å². The van der Waals surface area contributed by atoms with Gasteiger partial charge in [-0.25, -0.2) is 0 Å². The Balaban J connectivity index is 1.94. The number of carbonyl (C=O) groups is 1. The zero-order valence-corrected chi connectivity index (χ0v) is 12.4. The molecule has 20 heavy (non-hydrogen) atoms. The lowest BCUT2D eigenvalue weighted by atomic mass is 10.0. The smallest absolute Gasteiger partial charge is 0.238 e. The van der Waals surface area contributed by atoms with Crippen LogP contribution < -0.4 is 15.4 Å². The summed E-state index contributed by atoms with van der Waals surface area (Å²) in [5.74, 6) is 0.749. The topological polar surface area (TPSA) is 53.6 Å². The van der Waals surface area contributed by atoms with Crippen LogP contribution in [0.4, 0.5) is 5.69 Å². The number of piperazine rings is 1. The highest BCUT2D eigenvalue weighted by molar-refractivity contribution is 5.92. The van der Waals surface area contributed by atoms with Gasteiger partial charge in [0, 0.05) is 36.9 Å². The van der Waals surface area contributed by atoms with Crippen LogP contribution in [-0.2, 0) is 4.79 Å². The highest BCUT2D eigenvalue weighted by Gasteiger charge is 2.30. The van der Waals surface area contributed by atoms with Gasteiger partial charge in [0.25, 0.3) is 0 Å². The lowest BCUT2D eigenvalue weighted by molar-refractivity contribution is -0.119. The first kappa shape index (κ1) is 14.8. The second kappa shape index (κ2) is 6.24. The molecule has 1 amide bonds. The molecule has 1 saturated heterocycles. The molecule has 110 valence electrons. The molecule has 0 saturated carbocycles. The standard InChI is InChI=1S/C15H23N3O2/c1-15(2)11-16-7-8-18(15)10-14(19)17-12-5-4-6-13(9-12)20-3/h4-6,9,16H,7-8,10-11H2,1-3H3,(H,17,19). The second-order valence-corrected chi connectivity index (χ2v) is 5.69. The van der Waals surface area contributed by atoms with E-state index in [-0.39, 0.29) is 11.4 Å². The van der Waals surface area contributed by atoms with Crippen LogP contribution in [0.2, 0.25) is 0 Å². The third-order valence-electron chi connectivity index (χ3n) is 3.66. The summed E-state index contributed by atoms with van der Waals surface area (Å²) in [4.78, 5) is 14.4. The number of rotatable bonds is 4. The van der Waals surface area contributed by atoms with Crippen molar-refractivity contribution in [3.05, 3.63) is 24.3 Å². The lowest BCUT2D eigenvalue weighted by Gasteiger charge is -2.42. The third kappa shape index (κ3) is 3.71. The zero-order valence-electron chi connectivity index (χ0n) is 12.4. The second-order valence-electron chi connectivity index (χ2n) is 5.69. The molecule has 0 spiro atoms. The molecule has 1 aromatic carbocycles. The summed E-state index contributed by atoms with van der Waals surface area (Å²) < 4.78 is 5.15. The maximum Gasteiger partial charge on any atom is 0.238 e. The minimum absolute atomic E-state index is 0.00394. The molecule has 0 radical (unpaired) electrons. The predicted octanol–water partition coefficient (Wildman–Crippen LogP) is 1.32. The fourth-order valence-corrected chi connectivity index (χ4v) is 2.39. The van der Waals surface area contributed by atoms with Gasteiger partial charge in [-0.1, -0.05) is 6.07 Å². The van der Waals surface area contributed by atoms with E-state index >= 15 is 0 Å². The van der Waals surface area contributed by atoms with E-state index in [1.807, 2.05) is 24.3 Å². The number of benzene rings is 1. The predicted molar refractivity (Wildman–Crippen MR) is 80.1 cm³/mol. The highest BCUT2D eigenvalue weighted by atomic mass is 16.5. The van der Waals surface area contributed by atoms with Crippen LogP contribution in [0.5, 0.6) is 5.75 Å². The number of nitrogens with one attached hydrogen (secondary N) is 2. The number of hydrogen-bond donors (Lipinski definition) is 2. The van der Waals surface area contributed by atoms with Crippen LogP contribution in [0.3, 0.4) is 0 Å². The van der Waals surface area contributed by atoms with Crippen LogP contribution in [0, 0.1) is 0 Å². The minimum atomic E-state index is 0.00394. The Hall–Kier alpha value is -1.59. The highest BCUT2D eigenvalue weighted by Crippen LogP contribution is 2.18. The molecule has 1 aliphatic rings. The van der Waals surface area contributed by atoms with Crippen molar-refractivity contribution in [1.82, 2.24) is 10.2 Å². The summed E-state index contributed by atoms with van der Waals surface area (Å²) in [6, 6.07) is 7.41. The zero-order chi connectivity index (χ0) is 14.6. The van der Waals surface area contributed by atoms with Crippen molar-refractivity contribution in [2.45, 2.75) is 19.4 Å². The van der Waals surface area contributed by atoms with Crippen LogP contribution in [0.1, 0.15) is 13.8 Å². The van der Waals surface area contributed by atoms with E-state index in [4.69, 9.17) is 4.74 Å². The molecule has 1 heterocycles. The van der Waals surface area contributed by atoms with Gasteiger partial charge in [0.2, 0.25) is 5.91 Å². The third-order valence-corrected chi connectivity index (χ3v) is 3.66. The van der Waals surface area contributed by atoms with Gasteiger partial charge in [0.05, 0.1) is 13.7 Å². The Morgan fingerprint density at radius 2 is 2.30 bits per heavy atom. The molecule has 0 bridgehead atoms. The van der Waals surface area contributed by atoms with Crippen LogP contribution in [0.15, 0.2) is 24.3 Å². The normalized spacial score (nSPS) is 18.6. The molecular weight excluding hydrogens is 254 g/mol. The summed E-state index contributed by atoms with van der Waals surface area (Å²) in [7, 11) is 1.62. The van der Waals surface area contributed by atoms with Crippen LogP contribution in [0.25, 0.3) is 0 Å². The Kier molecular flexibility index (Phi) is 4.62. The summed E-state index contributed by atoms with van der Waals surface area (Å²) in [5, 5.41) is 6.27. The number of hydrogen-bond acceptors (Lipinski definition) is 4. The van der Waals surface area contributed by atoms with Crippen molar-refractivity contribution < 1.29 is 9.53 Å². The van der Waals surface area contributed by atoms with Gasteiger partial charge >= 0.3 is 0 Å². The van der Waals surface area contributed by atoms with Gasteiger partial charge < -0.3 is 15.4 Å². The monoisotopic (exact) mass is 277 g/mol. The van der Waals surface area contributed by atoms with E-state index in [1.165, 1.54) is 0 Å². The molecule has 5 heteroatoms. The van der Waals surface area contributed by atoms with Gasteiger partial charge in [-0.05, 0) is 26.0 Å². The Bertz CT molecular complexity index is 474. The van der Waals surface area contributed by atoms with E-state index in [9.17, 15) is 4.79 Å². The molecule has 0 aromatic heterocycles. The summed E-state index contributed by atoms with van der Waals surface area (Å²) >= 11 is 0. The van der Waals surface area contributed by atoms with Crippen molar-refractivity contribution >= 4 is 11.6 Å². The number of carbonyl (C=O) groups excluding carboxylic acids is 1. The average molecular weight is 277 g/mol. The number of anilines is 1. The molecule has 5 nitrogen and oxygen atoms in total. The number of amides is 1. The van der Waals surface area contributed by atoms with Crippen molar-refractivity contribution in [1.29, 1.82) is 0 Å². The molecule has 1 aromatic rings. The number of nitrogens with zero attached hydrogens (tertiary/aromatic N) is 1. The molecule has 1 fully saturated rings. The van der Waals surface area contributed by atoms with Gasteiger partial charge in [-0.15, -0.1) is 0 Å². The first-order chi connectivity index (χ1) is 9.51. The molecule has 0 atom stereocenters. The van der Waals surface area contributed by atoms with Crippen LogP contribution in [-0.4, -0.2) is 49.6 Å². The van der Waals surface area contributed by atoms with E-state index < -0.39 is 0 Å². The van der Waals surface area contributed by atoms with Crippen molar-refractivity contribution in [3.8, 4) is 5.75 Å². The molecule has 1 aliphatic heterocycles. The van der Waals surface area contributed by atoms with E-state index in [2.05, 4.69) is 29.4 Å². The molecule has 0 unspecified atom stereocenters. The Morgan fingerprint density at radius 1 is 1.50 bits per heavy atom. The van der Waals surface area contributed by atoms with Gasteiger partial charge in [0.1, 0.15) is 5.75 Å². The average Bonchev–Trinajstić information content (AvgIpc) is 2.41. The van der Waals surface area contributed by atoms with Crippen molar-refractivity contribution in [2.75, 3.05) is 38.6 Å². The maximum atomic E-state index is 12.2. The first-order valence-electron chi connectivity index (χ1n) is 6.91. The summed E-state index contributed by atoms with van der Waals surface area (Å²) in [6.07, 6.45) is 0. The molecular formula is C15H23N3O2. The van der Waals surface area contributed by atoms with Crippen molar-refractivity contribution in [2.24, 2.45) is 0 Å². The minimum Gasteiger partial charge on any atom is -0.497 e. The van der Waals surface area contributed by atoms with Crippen molar-refractivity contribution in [3.63, 3.8) is 0 Å². The molecule has 2 N–H and O–H groups in total. The quantitative estimate of drug-likeness (QED) is 0.871. The van der Waals surface area contributed by atoms with Crippen LogP contribution >= 0.6 is 0 Å². The fraction of sp³-hybridized carbons (Fsp3) is 0.533. The lowest BCUT2D eigenvalue weighted by Crippen LogP contribution is -2.59. The largest absolute Gasteiger partial charge is 0.497 e. The number of methoxy groups -OCH3 is 1. The Labute approximate surface area is 120 Å². The number of ether oxygens (including phenoxy) is 1. The van der Waals surface area contributed by atoms with Gasteiger partial charge in [-0.3, -0.25) is 9.69 Å². The van der Waals surface area contributed by atoms with Gasteiger partial charge in [-0.2, -0.15) is 0 Å². The Morgan fingerprint density at radius 3 is 3.00 bits per heavy atom. The fourth-order valence-electron chi connectivity index (χ4n) is 2.39. The van der Waals surface area contributed by atoms with E-state index in [1.54, 1.807) is 7.11 Å². The molecule has 0 aliphatic carbocycles. The SMILES string of the molecule is COc1cccc(NC(=O)CN2CCNCC2(C)C)c1. The summed E-state index contributed by atoms with van der Waals surface area (Å²) in [6.45, 7) is 7.43. The first-order valence-corrected chi connectivity index (χ1v) is 6.91. The van der Waals surface area contributed by atoms with E-state index in [0.717, 1.165) is 31.1 Å². The summed E-state index contributed by atoms with van der Waals surface area (Å²) in [5.41, 5.74) is 0.770. The maximum absolute atomic E-state index is 12.2. The molecule has 2 rings (SSSR count).